The number of allylic oxidation sites excluding steroid dienone is 1. The van der Waals surface area contributed by atoms with Crippen LogP contribution in [-0.4, -0.2) is 83.7 Å². The number of ketones is 1. The highest BCUT2D eigenvalue weighted by Gasteiger charge is 2.41. The van der Waals surface area contributed by atoms with Crippen molar-refractivity contribution in [2.24, 2.45) is 29.4 Å². The topological polar surface area (TPSA) is 203 Å². The van der Waals surface area contributed by atoms with Gasteiger partial charge in [0.2, 0.25) is 23.6 Å². The van der Waals surface area contributed by atoms with E-state index in [0.717, 1.165) is 37.7 Å². The number of carbonyl (C=O) groups is 7. The third-order valence-electron chi connectivity index (χ3n) is 10.5. The van der Waals surface area contributed by atoms with Gasteiger partial charge in [-0.2, -0.15) is 0 Å². The summed E-state index contributed by atoms with van der Waals surface area (Å²) in [5, 5.41) is 8.32. The molecule has 1 aromatic carbocycles. The fourth-order valence-corrected chi connectivity index (χ4v) is 7.46. The number of ether oxygens (including phenoxy) is 2. The fourth-order valence-electron chi connectivity index (χ4n) is 7.46. The number of esters is 1. The van der Waals surface area contributed by atoms with Crippen LogP contribution < -0.4 is 21.7 Å². The first-order chi connectivity index (χ1) is 26.7. The molecule has 5 amide bonds. The molecule has 310 valence electrons. The van der Waals surface area contributed by atoms with Gasteiger partial charge in [-0.25, -0.2) is 9.59 Å². The molecule has 56 heavy (non-hydrogen) atoms. The average Bonchev–Trinajstić information content (AvgIpc) is 3.66. The van der Waals surface area contributed by atoms with Crippen molar-refractivity contribution in [3.8, 4) is 0 Å². The summed E-state index contributed by atoms with van der Waals surface area (Å²) in [4.78, 5) is 94.1. The molecule has 2 aliphatic rings. The third kappa shape index (κ3) is 14.7. The van der Waals surface area contributed by atoms with Crippen LogP contribution in [0.1, 0.15) is 111 Å². The standard InChI is InChI=1S/C42H63N5O9/c1-6-55-36(49)22-14-13-20-32(45-42(54)56-26-29-16-9-7-10-17-29)39(51)46-37(28(4)5)41(53)47-23-15-21-34(47)40(52)44-33(24-27(2)3)35(48)25-31(38(43)50)30-18-11-8-12-19-30/h7,9-10,14,16-17,22,27-28,30-34,37H,6,8,11-13,15,18-21,23-26H2,1-5H3,(H2,43,50)(H,44,52)(H,45,54)(H,46,51)/b22-14+/t31-,32-,33-,34-,37-/m0/s1. The molecule has 5 atom stereocenters. The summed E-state index contributed by atoms with van der Waals surface area (Å²) >= 11 is 0. The molecular formula is C42H63N5O9. The monoisotopic (exact) mass is 781 g/mol. The van der Waals surface area contributed by atoms with Crippen molar-refractivity contribution in [2.45, 2.75) is 136 Å². The van der Waals surface area contributed by atoms with Gasteiger partial charge in [0.15, 0.2) is 5.78 Å². The minimum atomic E-state index is -1.13. The zero-order valence-corrected chi connectivity index (χ0v) is 33.8. The van der Waals surface area contributed by atoms with Gasteiger partial charge in [-0.3, -0.25) is 24.0 Å². The Morgan fingerprint density at radius 2 is 1.57 bits per heavy atom. The largest absolute Gasteiger partial charge is 0.463 e. The summed E-state index contributed by atoms with van der Waals surface area (Å²) < 4.78 is 10.3. The molecule has 3 rings (SSSR count). The van der Waals surface area contributed by atoms with E-state index in [0.29, 0.717) is 19.3 Å². The van der Waals surface area contributed by atoms with Crippen LogP contribution in [0.4, 0.5) is 4.79 Å². The minimum Gasteiger partial charge on any atom is -0.463 e. The summed E-state index contributed by atoms with van der Waals surface area (Å²) in [5.74, 6) is -3.73. The van der Waals surface area contributed by atoms with Crippen LogP contribution in [0.5, 0.6) is 0 Å². The second-order valence-corrected chi connectivity index (χ2v) is 15.7. The van der Waals surface area contributed by atoms with Gasteiger partial charge in [0.05, 0.1) is 12.6 Å². The lowest BCUT2D eigenvalue weighted by Gasteiger charge is -2.32. The third-order valence-corrected chi connectivity index (χ3v) is 10.5. The number of primary amides is 1. The molecular weight excluding hydrogens is 718 g/mol. The maximum absolute atomic E-state index is 14.2. The Morgan fingerprint density at radius 3 is 2.20 bits per heavy atom. The van der Waals surface area contributed by atoms with Crippen LogP contribution in [-0.2, 0) is 44.8 Å². The van der Waals surface area contributed by atoms with Gasteiger partial charge < -0.3 is 36.1 Å². The minimum absolute atomic E-state index is 0.0227. The molecule has 1 aromatic rings. The Kier molecular flexibility index (Phi) is 19.0. The first-order valence-electron chi connectivity index (χ1n) is 20.2. The van der Waals surface area contributed by atoms with Gasteiger partial charge in [0.25, 0.3) is 0 Å². The quantitative estimate of drug-likeness (QED) is 0.102. The summed E-state index contributed by atoms with van der Waals surface area (Å²) in [7, 11) is 0. The van der Waals surface area contributed by atoms with Gasteiger partial charge in [0, 0.05) is 25.0 Å². The van der Waals surface area contributed by atoms with E-state index in [1.807, 2.05) is 32.0 Å². The molecule has 14 nitrogen and oxygen atoms in total. The number of rotatable bonds is 21. The van der Waals surface area contributed by atoms with Gasteiger partial charge in [-0.05, 0) is 75.2 Å². The molecule has 1 saturated heterocycles. The van der Waals surface area contributed by atoms with Crippen molar-refractivity contribution in [2.75, 3.05) is 13.2 Å². The predicted molar refractivity (Wildman–Crippen MR) is 210 cm³/mol. The number of nitrogens with zero attached hydrogens (tertiary/aromatic N) is 1. The van der Waals surface area contributed by atoms with E-state index in [9.17, 15) is 33.6 Å². The van der Waals surface area contributed by atoms with Crippen molar-refractivity contribution < 1.29 is 43.0 Å². The van der Waals surface area contributed by atoms with E-state index < -0.39 is 71.7 Å². The molecule has 0 spiro atoms. The van der Waals surface area contributed by atoms with E-state index in [-0.39, 0.29) is 56.6 Å². The Balaban J connectivity index is 1.73. The molecule has 0 unspecified atom stereocenters. The first kappa shape index (κ1) is 45.6. The van der Waals surface area contributed by atoms with E-state index in [4.69, 9.17) is 15.2 Å². The van der Waals surface area contributed by atoms with E-state index >= 15 is 0 Å². The molecule has 1 aliphatic heterocycles. The number of alkyl carbamates (subject to hydrolysis) is 1. The lowest BCUT2D eigenvalue weighted by Crippen LogP contribution is -2.59. The van der Waals surface area contributed by atoms with Gasteiger partial charge in [-0.15, -0.1) is 0 Å². The van der Waals surface area contributed by atoms with E-state index in [2.05, 4.69) is 16.0 Å². The number of amides is 5. The molecule has 5 N–H and O–H groups in total. The molecule has 2 fully saturated rings. The average molecular weight is 782 g/mol. The number of nitrogens with one attached hydrogen (secondary N) is 3. The number of likely N-dealkylation sites (tertiary alicyclic amines) is 1. The Bertz CT molecular complexity index is 1510. The van der Waals surface area contributed by atoms with Crippen molar-refractivity contribution >= 4 is 41.5 Å². The number of benzene rings is 1. The Morgan fingerprint density at radius 1 is 0.875 bits per heavy atom. The van der Waals surface area contributed by atoms with E-state index in [1.54, 1.807) is 32.9 Å². The van der Waals surface area contributed by atoms with Crippen molar-refractivity contribution in [3.63, 3.8) is 0 Å². The van der Waals surface area contributed by atoms with Crippen LogP contribution in [0.2, 0.25) is 0 Å². The van der Waals surface area contributed by atoms with Crippen LogP contribution in [0, 0.1) is 23.7 Å². The Labute approximate surface area is 331 Å². The molecule has 1 aliphatic carbocycles. The zero-order chi connectivity index (χ0) is 41.2. The summed E-state index contributed by atoms with van der Waals surface area (Å²) in [6.07, 6.45) is 8.26. The molecule has 1 heterocycles. The van der Waals surface area contributed by atoms with Crippen LogP contribution >= 0.6 is 0 Å². The number of nitrogens with two attached hydrogens (primary N) is 1. The van der Waals surface area contributed by atoms with Gasteiger partial charge >= 0.3 is 12.1 Å². The summed E-state index contributed by atoms with van der Waals surface area (Å²) in [6, 6.07) is 5.15. The Hall–Kier alpha value is -4.75. The highest BCUT2D eigenvalue weighted by molar-refractivity contribution is 5.97. The van der Waals surface area contributed by atoms with Gasteiger partial charge in [0.1, 0.15) is 24.7 Å². The first-order valence-corrected chi connectivity index (χ1v) is 20.2. The number of hydrogen-bond acceptors (Lipinski definition) is 9. The molecule has 0 aromatic heterocycles. The zero-order valence-electron chi connectivity index (χ0n) is 33.8. The molecule has 0 bridgehead atoms. The lowest BCUT2D eigenvalue weighted by molar-refractivity contribution is -0.143. The van der Waals surface area contributed by atoms with Crippen molar-refractivity contribution in [1.82, 2.24) is 20.9 Å². The van der Waals surface area contributed by atoms with Crippen LogP contribution in [0.3, 0.4) is 0 Å². The maximum Gasteiger partial charge on any atom is 0.408 e. The molecule has 14 heteroatoms. The summed E-state index contributed by atoms with van der Waals surface area (Å²) in [6.45, 7) is 9.58. The smallest absolute Gasteiger partial charge is 0.408 e. The van der Waals surface area contributed by atoms with E-state index in [1.165, 1.54) is 17.1 Å². The van der Waals surface area contributed by atoms with Gasteiger partial charge in [-0.1, -0.05) is 83.4 Å². The fraction of sp³-hybridized carbons (Fsp3) is 0.643. The normalized spacial score (nSPS) is 18.2. The van der Waals surface area contributed by atoms with Crippen LogP contribution in [0.15, 0.2) is 42.5 Å². The van der Waals surface area contributed by atoms with Crippen LogP contribution in [0.25, 0.3) is 0 Å². The number of carbonyl (C=O) groups excluding carboxylic acids is 7. The maximum atomic E-state index is 14.2. The molecule has 1 saturated carbocycles. The predicted octanol–water partition coefficient (Wildman–Crippen LogP) is 4.48. The lowest BCUT2D eigenvalue weighted by atomic mass is 9.76. The second-order valence-electron chi connectivity index (χ2n) is 15.7. The van der Waals surface area contributed by atoms with Crippen molar-refractivity contribution in [1.29, 1.82) is 0 Å². The highest BCUT2D eigenvalue weighted by atomic mass is 16.5. The SMILES string of the molecule is CCOC(=O)/C=C/CC[C@H](NC(=O)OCc1ccccc1)C(=O)N[C@H](C(=O)N1CCC[C@H]1C(=O)N[C@@H](CC(C)C)C(=O)C[C@H](C(N)=O)C1CCCCC1)C(C)C. The number of Topliss-reactive ketones (excluding diaryl/α,β-unsaturated/α-hetero) is 1. The number of hydrogen-bond donors (Lipinski definition) is 4. The van der Waals surface area contributed by atoms with Crippen molar-refractivity contribution in [3.05, 3.63) is 48.0 Å². The highest BCUT2D eigenvalue weighted by Crippen LogP contribution is 2.32. The summed E-state index contributed by atoms with van der Waals surface area (Å²) in [5.41, 5.74) is 6.54. The molecule has 0 radical (unpaired) electrons. The second kappa shape index (κ2) is 23.3.